The van der Waals surface area contributed by atoms with Gasteiger partial charge < -0.3 is 5.32 Å². The largest absolute Gasteiger partial charge is 0.350 e. The highest BCUT2D eigenvalue weighted by Gasteiger charge is 2.45. The van der Waals surface area contributed by atoms with Crippen molar-refractivity contribution in [1.82, 2.24) is 5.32 Å². The zero-order valence-corrected chi connectivity index (χ0v) is 8.95. The highest BCUT2D eigenvalue weighted by molar-refractivity contribution is 7.99. The van der Waals surface area contributed by atoms with Gasteiger partial charge in [0.25, 0.3) is 0 Å². The van der Waals surface area contributed by atoms with Crippen LogP contribution in [0, 0.1) is 5.92 Å². The second-order valence-electron chi connectivity index (χ2n) is 4.41. The third-order valence-electron chi connectivity index (χ3n) is 3.42. The molecule has 1 N–H and O–H groups in total. The Kier molecular flexibility index (Phi) is 2.54. The van der Waals surface area contributed by atoms with E-state index in [-0.39, 0.29) is 11.4 Å². The van der Waals surface area contributed by atoms with Crippen LogP contribution in [0.1, 0.15) is 32.1 Å². The maximum Gasteiger partial charge on any atom is 0.230 e. The molecule has 1 amide bonds. The SMILES string of the molecule is CSCC(=O)NC12CCC(CC1)C2. The Balaban J connectivity index is 1.90. The minimum absolute atomic E-state index is 0.220. The maximum absolute atomic E-state index is 11.4. The molecule has 2 nitrogen and oxygen atoms in total. The van der Waals surface area contributed by atoms with Gasteiger partial charge in [0.15, 0.2) is 0 Å². The standard InChI is InChI=1S/C10H17NOS/c1-13-7-9(12)11-10-4-2-8(6-10)3-5-10/h8H,2-7H2,1H3,(H,11,12). The quantitative estimate of drug-likeness (QED) is 0.751. The number of nitrogens with one attached hydrogen (secondary N) is 1. The van der Waals surface area contributed by atoms with E-state index in [1.807, 2.05) is 6.26 Å². The third kappa shape index (κ3) is 1.85. The van der Waals surface area contributed by atoms with Gasteiger partial charge >= 0.3 is 0 Å². The van der Waals surface area contributed by atoms with Gasteiger partial charge in [-0.3, -0.25) is 4.79 Å². The first-order valence-electron chi connectivity index (χ1n) is 5.04. The van der Waals surface area contributed by atoms with E-state index in [0.29, 0.717) is 5.75 Å². The normalized spacial score (nSPS) is 36.5. The first kappa shape index (κ1) is 9.38. The van der Waals surface area contributed by atoms with Crippen LogP contribution in [0.2, 0.25) is 0 Å². The van der Waals surface area contributed by atoms with E-state index in [0.717, 1.165) is 5.92 Å². The zero-order valence-electron chi connectivity index (χ0n) is 8.14. The number of amides is 1. The molecule has 13 heavy (non-hydrogen) atoms. The molecular formula is C10H17NOS. The Morgan fingerprint density at radius 3 is 2.69 bits per heavy atom. The Labute approximate surface area is 83.8 Å². The zero-order chi connectivity index (χ0) is 9.31. The average molecular weight is 199 g/mol. The summed E-state index contributed by atoms with van der Waals surface area (Å²) >= 11 is 1.60. The van der Waals surface area contributed by atoms with E-state index in [9.17, 15) is 4.79 Å². The third-order valence-corrected chi connectivity index (χ3v) is 3.97. The second-order valence-corrected chi connectivity index (χ2v) is 5.28. The van der Waals surface area contributed by atoms with Crippen LogP contribution in [-0.2, 0) is 4.79 Å². The van der Waals surface area contributed by atoms with Crippen LogP contribution in [0.5, 0.6) is 0 Å². The lowest BCUT2D eigenvalue weighted by Gasteiger charge is -2.27. The molecule has 0 aliphatic heterocycles. The van der Waals surface area contributed by atoms with Crippen LogP contribution >= 0.6 is 11.8 Å². The fourth-order valence-electron chi connectivity index (χ4n) is 2.83. The predicted octanol–water partition coefficient (Wildman–Crippen LogP) is 1.80. The minimum Gasteiger partial charge on any atom is -0.350 e. The first-order valence-corrected chi connectivity index (χ1v) is 6.43. The number of carbonyl (C=O) groups is 1. The van der Waals surface area contributed by atoms with Crippen LogP contribution in [0.15, 0.2) is 0 Å². The first-order chi connectivity index (χ1) is 6.24. The highest BCUT2D eigenvalue weighted by Crippen LogP contribution is 2.47. The van der Waals surface area contributed by atoms with Crippen LogP contribution < -0.4 is 5.32 Å². The highest BCUT2D eigenvalue weighted by atomic mass is 32.2. The van der Waals surface area contributed by atoms with Crippen LogP contribution in [0.3, 0.4) is 0 Å². The van der Waals surface area contributed by atoms with Crippen molar-refractivity contribution >= 4 is 17.7 Å². The van der Waals surface area contributed by atoms with Gasteiger partial charge in [0, 0.05) is 5.54 Å². The summed E-state index contributed by atoms with van der Waals surface area (Å²) in [5, 5.41) is 3.22. The molecule has 3 heteroatoms. The van der Waals surface area contributed by atoms with Gasteiger partial charge in [0.1, 0.15) is 0 Å². The molecule has 2 fully saturated rings. The van der Waals surface area contributed by atoms with E-state index >= 15 is 0 Å². The van der Waals surface area contributed by atoms with Crippen molar-refractivity contribution in [3.63, 3.8) is 0 Å². The van der Waals surface area contributed by atoms with Gasteiger partial charge in [0.2, 0.25) is 5.91 Å². The molecular weight excluding hydrogens is 182 g/mol. The van der Waals surface area contributed by atoms with Crippen molar-refractivity contribution in [3.8, 4) is 0 Å². The van der Waals surface area contributed by atoms with Gasteiger partial charge in [-0.1, -0.05) is 0 Å². The molecule has 2 saturated carbocycles. The van der Waals surface area contributed by atoms with Gasteiger partial charge in [-0.25, -0.2) is 0 Å². The molecule has 2 rings (SSSR count). The fourth-order valence-corrected chi connectivity index (χ4v) is 3.16. The van der Waals surface area contributed by atoms with E-state index in [1.54, 1.807) is 11.8 Å². The number of fused-ring (bicyclic) bond motifs is 2. The number of thioether (sulfide) groups is 1. The summed E-state index contributed by atoms with van der Waals surface area (Å²) in [5.41, 5.74) is 0.220. The summed E-state index contributed by atoms with van der Waals surface area (Å²) in [5.74, 6) is 1.76. The lowest BCUT2D eigenvalue weighted by atomic mass is 9.94. The minimum atomic E-state index is 0.220. The van der Waals surface area contributed by atoms with Gasteiger partial charge in [-0.2, -0.15) is 11.8 Å². The lowest BCUT2D eigenvalue weighted by Crippen LogP contribution is -2.45. The molecule has 0 radical (unpaired) electrons. The smallest absolute Gasteiger partial charge is 0.230 e. The molecule has 2 aliphatic rings. The molecule has 74 valence electrons. The van der Waals surface area contributed by atoms with Crippen LogP contribution in [0.4, 0.5) is 0 Å². The van der Waals surface area contributed by atoms with Crippen molar-refractivity contribution in [2.75, 3.05) is 12.0 Å². The van der Waals surface area contributed by atoms with Crippen molar-refractivity contribution in [3.05, 3.63) is 0 Å². The van der Waals surface area contributed by atoms with Crippen molar-refractivity contribution in [2.45, 2.75) is 37.6 Å². The van der Waals surface area contributed by atoms with E-state index < -0.39 is 0 Å². The molecule has 0 aromatic rings. The Morgan fingerprint density at radius 2 is 2.23 bits per heavy atom. The summed E-state index contributed by atoms with van der Waals surface area (Å²) in [6.07, 6.45) is 8.32. The molecule has 0 unspecified atom stereocenters. The maximum atomic E-state index is 11.4. The van der Waals surface area contributed by atoms with Gasteiger partial charge in [0.05, 0.1) is 5.75 Å². The van der Waals surface area contributed by atoms with Crippen LogP contribution in [-0.4, -0.2) is 23.5 Å². The molecule has 0 aromatic heterocycles. The molecule has 2 bridgehead atoms. The van der Waals surface area contributed by atoms with Gasteiger partial charge in [-0.15, -0.1) is 0 Å². The van der Waals surface area contributed by atoms with E-state index in [2.05, 4.69) is 5.32 Å². The Hall–Kier alpha value is -0.180. The van der Waals surface area contributed by atoms with Crippen molar-refractivity contribution in [2.24, 2.45) is 5.92 Å². The number of carbonyl (C=O) groups excluding carboxylic acids is 1. The van der Waals surface area contributed by atoms with E-state index in [4.69, 9.17) is 0 Å². The summed E-state index contributed by atoms with van der Waals surface area (Å²) < 4.78 is 0. The molecule has 0 atom stereocenters. The fraction of sp³-hybridized carbons (Fsp3) is 0.900. The van der Waals surface area contributed by atoms with Crippen LogP contribution in [0.25, 0.3) is 0 Å². The predicted molar refractivity (Wildman–Crippen MR) is 55.8 cm³/mol. The van der Waals surface area contributed by atoms with E-state index in [1.165, 1.54) is 32.1 Å². The molecule has 0 aromatic carbocycles. The topological polar surface area (TPSA) is 29.1 Å². The van der Waals surface area contributed by atoms with Crippen molar-refractivity contribution < 1.29 is 4.79 Å². The Bertz CT molecular complexity index is 209. The molecule has 0 spiro atoms. The number of rotatable bonds is 3. The lowest BCUT2D eigenvalue weighted by molar-refractivity contribution is -0.120. The second kappa shape index (κ2) is 3.52. The molecule has 0 heterocycles. The monoisotopic (exact) mass is 199 g/mol. The molecule has 0 saturated heterocycles. The van der Waals surface area contributed by atoms with Crippen molar-refractivity contribution in [1.29, 1.82) is 0 Å². The summed E-state index contributed by atoms with van der Waals surface area (Å²) in [7, 11) is 0. The number of hydrogen-bond donors (Lipinski definition) is 1. The molecule has 2 aliphatic carbocycles. The summed E-state index contributed by atoms with van der Waals surface area (Å²) in [4.78, 5) is 11.4. The summed E-state index contributed by atoms with van der Waals surface area (Å²) in [6.45, 7) is 0. The average Bonchev–Trinajstić information content (AvgIpc) is 2.63. The Morgan fingerprint density at radius 1 is 1.54 bits per heavy atom. The summed E-state index contributed by atoms with van der Waals surface area (Å²) in [6, 6.07) is 0. The van der Waals surface area contributed by atoms with Gasteiger partial charge in [-0.05, 0) is 44.3 Å². The number of hydrogen-bond acceptors (Lipinski definition) is 2.